The smallest absolute Gasteiger partial charge is 0.396 e. The van der Waals surface area contributed by atoms with Gasteiger partial charge in [-0.05, 0) is 27.7 Å². The summed E-state index contributed by atoms with van der Waals surface area (Å²) in [4.78, 5) is 11.3. The fraction of sp³-hybridized carbons (Fsp3) is 0.583. The molecule has 0 N–H and O–H groups in total. The van der Waals surface area contributed by atoms with E-state index in [-0.39, 0.29) is 17.9 Å². The number of hydrogen-bond donors (Lipinski definition) is 0. The van der Waals surface area contributed by atoms with E-state index in [0.29, 0.717) is 11.0 Å². The van der Waals surface area contributed by atoms with E-state index in [1.54, 1.807) is 6.92 Å². The maximum Gasteiger partial charge on any atom is 0.396 e. The van der Waals surface area contributed by atoms with Crippen molar-refractivity contribution < 1.29 is 13.9 Å². The van der Waals surface area contributed by atoms with Crippen LogP contribution in [0.3, 0.4) is 0 Å². The largest absolute Gasteiger partial charge is 0.459 e. The maximum atomic E-state index is 11.3. The Balaban J connectivity index is 2.49. The van der Waals surface area contributed by atoms with E-state index in [0.717, 1.165) is 0 Å². The number of carbonyl (C=O) groups excluding carboxylic acids is 1. The molecule has 0 bridgehead atoms. The van der Waals surface area contributed by atoms with Crippen molar-refractivity contribution in [2.45, 2.75) is 32.9 Å². The summed E-state index contributed by atoms with van der Waals surface area (Å²) >= 11 is 1.30. The van der Waals surface area contributed by atoms with E-state index in [9.17, 15) is 4.79 Å². The number of ether oxygens (including phenoxy) is 1. The summed E-state index contributed by atoms with van der Waals surface area (Å²) in [6.45, 7) is 8.11. The predicted molar refractivity (Wildman–Crippen MR) is 68.2 cm³/mol. The topological polar surface area (TPSA) is 65.2 Å². The lowest BCUT2D eigenvalue weighted by atomic mass is 9.98. The second-order valence-corrected chi connectivity index (χ2v) is 5.36. The Kier molecular flexibility index (Phi) is 5.23. The molecule has 0 unspecified atom stereocenters. The molecule has 0 amide bonds. The molecule has 18 heavy (non-hydrogen) atoms. The lowest BCUT2D eigenvalue weighted by Crippen LogP contribution is -2.04. The third kappa shape index (κ3) is 5.23. The van der Waals surface area contributed by atoms with E-state index in [1.165, 1.54) is 11.8 Å². The van der Waals surface area contributed by atoms with Gasteiger partial charge in [-0.2, -0.15) is 0 Å². The highest BCUT2D eigenvalue weighted by atomic mass is 32.2. The van der Waals surface area contributed by atoms with Gasteiger partial charge in [-0.3, -0.25) is 0 Å². The molecule has 6 heteroatoms. The molecule has 5 nitrogen and oxygen atoms in total. The number of rotatable bonds is 4. The van der Waals surface area contributed by atoms with E-state index < -0.39 is 5.97 Å². The van der Waals surface area contributed by atoms with Crippen molar-refractivity contribution in [1.29, 1.82) is 0 Å². The standard InChI is InChI=1S/C12H16N2O3S/c1-5-16-10(15)9-13-14-11(17-9)18-8-6-7-12(2,3)4/h5,8H2,1-4H3. The van der Waals surface area contributed by atoms with Crippen LogP contribution in [-0.4, -0.2) is 28.5 Å². The number of nitrogens with zero attached hydrogens (tertiary/aromatic N) is 2. The van der Waals surface area contributed by atoms with Crippen LogP contribution in [0.5, 0.6) is 0 Å². The summed E-state index contributed by atoms with van der Waals surface area (Å²) in [5.74, 6) is 5.92. The van der Waals surface area contributed by atoms with Crippen molar-refractivity contribution in [3.63, 3.8) is 0 Å². The molecule has 0 aromatic carbocycles. The van der Waals surface area contributed by atoms with Crippen molar-refractivity contribution in [2.75, 3.05) is 12.4 Å². The normalized spacial score (nSPS) is 10.7. The highest BCUT2D eigenvalue weighted by Gasteiger charge is 2.15. The molecule has 1 aromatic heterocycles. The third-order valence-electron chi connectivity index (χ3n) is 1.59. The second kappa shape index (κ2) is 6.45. The summed E-state index contributed by atoms with van der Waals surface area (Å²) in [6.07, 6.45) is 0. The molecule has 0 aliphatic carbocycles. The molecule has 1 aromatic rings. The monoisotopic (exact) mass is 268 g/mol. The van der Waals surface area contributed by atoms with Gasteiger partial charge in [0.1, 0.15) is 0 Å². The number of esters is 1. The molecule has 98 valence electrons. The minimum absolute atomic E-state index is 0.0223. The summed E-state index contributed by atoms with van der Waals surface area (Å²) in [6, 6.07) is 0. The Labute approximate surface area is 111 Å². The van der Waals surface area contributed by atoms with Crippen LogP contribution in [0.25, 0.3) is 0 Å². The predicted octanol–water partition coefficient (Wildman–Crippen LogP) is 2.39. The number of thioether (sulfide) groups is 1. The van der Waals surface area contributed by atoms with Crippen LogP contribution in [0, 0.1) is 17.3 Å². The summed E-state index contributed by atoms with van der Waals surface area (Å²) in [5, 5.41) is 7.65. The number of hydrogen-bond acceptors (Lipinski definition) is 6. The van der Waals surface area contributed by atoms with Crippen LogP contribution in [0.1, 0.15) is 38.4 Å². The van der Waals surface area contributed by atoms with Gasteiger partial charge in [0.15, 0.2) is 0 Å². The summed E-state index contributed by atoms with van der Waals surface area (Å²) in [7, 11) is 0. The molecule has 0 radical (unpaired) electrons. The van der Waals surface area contributed by atoms with Crippen molar-refractivity contribution in [3.05, 3.63) is 5.89 Å². The van der Waals surface area contributed by atoms with Gasteiger partial charge < -0.3 is 9.15 Å². The molecule has 0 spiro atoms. The fourth-order valence-corrected chi connectivity index (χ4v) is 1.45. The highest BCUT2D eigenvalue weighted by molar-refractivity contribution is 7.99. The van der Waals surface area contributed by atoms with Crippen LogP contribution in [0.2, 0.25) is 0 Å². The Morgan fingerprint density at radius 1 is 1.44 bits per heavy atom. The summed E-state index contributed by atoms with van der Waals surface area (Å²) in [5.41, 5.74) is -0.0223. The Morgan fingerprint density at radius 2 is 2.17 bits per heavy atom. The van der Waals surface area contributed by atoms with Crippen molar-refractivity contribution in [3.8, 4) is 11.8 Å². The zero-order chi connectivity index (χ0) is 13.6. The average molecular weight is 268 g/mol. The van der Waals surface area contributed by atoms with E-state index in [2.05, 4.69) is 22.0 Å². The minimum atomic E-state index is -0.599. The van der Waals surface area contributed by atoms with Gasteiger partial charge in [0.2, 0.25) is 0 Å². The van der Waals surface area contributed by atoms with E-state index >= 15 is 0 Å². The molecular weight excluding hydrogens is 252 g/mol. The quantitative estimate of drug-likeness (QED) is 0.474. The van der Waals surface area contributed by atoms with Crippen molar-refractivity contribution in [1.82, 2.24) is 10.2 Å². The van der Waals surface area contributed by atoms with Crippen LogP contribution in [-0.2, 0) is 4.74 Å². The number of aromatic nitrogens is 2. The first-order valence-electron chi connectivity index (χ1n) is 5.56. The average Bonchev–Trinajstić information content (AvgIpc) is 2.72. The van der Waals surface area contributed by atoms with Gasteiger partial charge in [-0.1, -0.05) is 28.7 Å². The van der Waals surface area contributed by atoms with E-state index in [4.69, 9.17) is 9.15 Å². The maximum absolute atomic E-state index is 11.3. The Bertz CT molecular complexity index is 466. The van der Waals surface area contributed by atoms with Gasteiger partial charge >= 0.3 is 11.9 Å². The molecule has 1 rings (SSSR count). The molecular formula is C12H16N2O3S. The summed E-state index contributed by atoms with van der Waals surface area (Å²) < 4.78 is 9.87. The molecule has 0 aliphatic heterocycles. The van der Waals surface area contributed by atoms with Gasteiger partial charge in [0.25, 0.3) is 5.22 Å². The minimum Gasteiger partial charge on any atom is -0.459 e. The SMILES string of the molecule is CCOC(=O)c1nnc(SCC#CC(C)(C)C)o1. The molecule has 0 saturated heterocycles. The van der Waals surface area contributed by atoms with Gasteiger partial charge in [-0.25, -0.2) is 4.79 Å². The van der Waals surface area contributed by atoms with Gasteiger partial charge in [0.05, 0.1) is 12.4 Å². The van der Waals surface area contributed by atoms with Crippen molar-refractivity contribution >= 4 is 17.7 Å². The second-order valence-electron chi connectivity index (χ2n) is 4.43. The molecule has 0 fully saturated rings. The molecule has 1 heterocycles. The molecule has 0 atom stereocenters. The van der Waals surface area contributed by atoms with Gasteiger partial charge in [-0.15, -0.1) is 5.10 Å². The first kappa shape index (κ1) is 14.6. The van der Waals surface area contributed by atoms with Crippen LogP contribution in [0.4, 0.5) is 0 Å². The molecule has 0 aliphatic rings. The van der Waals surface area contributed by atoms with Crippen molar-refractivity contribution in [2.24, 2.45) is 5.41 Å². The lowest BCUT2D eigenvalue weighted by molar-refractivity contribution is 0.0475. The number of carbonyl (C=O) groups is 1. The van der Waals surface area contributed by atoms with Crippen LogP contribution in [0.15, 0.2) is 9.64 Å². The lowest BCUT2D eigenvalue weighted by Gasteiger charge is -2.06. The zero-order valence-electron chi connectivity index (χ0n) is 10.9. The molecule has 0 saturated carbocycles. The van der Waals surface area contributed by atoms with E-state index in [1.807, 2.05) is 20.8 Å². The van der Waals surface area contributed by atoms with Gasteiger partial charge in [0, 0.05) is 5.41 Å². The fourth-order valence-electron chi connectivity index (χ4n) is 0.942. The highest BCUT2D eigenvalue weighted by Crippen LogP contribution is 2.16. The Morgan fingerprint density at radius 3 is 2.78 bits per heavy atom. The first-order valence-corrected chi connectivity index (χ1v) is 6.54. The van der Waals surface area contributed by atoms with Crippen LogP contribution >= 0.6 is 11.8 Å². The first-order chi connectivity index (χ1) is 8.42. The van der Waals surface area contributed by atoms with Crippen LogP contribution < -0.4 is 0 Å². The third-order valence-corrected chi connectivity index (χ3v) is 2.29. The Hall–Kier alpha value is -1.48. The zero-order valence-corrected chi connectivity index (χ0v) is 11.8.